The van der Waals surface area contributed by atoms with Gasteiger partial charge in [0.15, 0.2) is 0 Å². The molecule has 0 aliphatic carbocycles. The van der Waals surface area contributed by atoms with E-state index in [0.29, 0.717) is 16.4 Å². The van der Waals surface area contributed by atoms with Crippen molar-refractivity contribution in [2.75, 3.05) is 0 Å². The van der Waals surface area contributed by atoms with Crippen LogP contribution in [0.5, 0.6) is 0 Å². The Bertz CT molecular complexity index is 998. The maximum absolute atomic E-state index is 12.8. The van der Waals surface area contributed by atoms with Gasteiger partial charge in [-0.15, -0.1) is 0 Å². The zero-order valence-electron chi connectivity index (χ0n) is 13.9. The lowest BCUT2D eigenvalue weighted by atomic mass is 10.2. The van der Waals surface area contributed by atoms with Gasteiger partial charge in [0.25, 0.3) is 0 Å². The zero-order chi connectivity index (χ0) is 18.0. The van der Waals surface area contributed by atoms with E-state index in [1.807, 2.05) is 36.4 Å². The lowest BCUT2D eigenvalue weighted by Crippen LogP contribution is -2.24. The van der Waals surface area contributed by atoms with Gasteiger partial charge < -0.3 is 0 Å². The van der Waals surface area contributed by atoms with Crippen molar-refractivity contribution in [2.45, 2.75) is 25.3 Å². The number of hydrogen-bond donors (Lipinski definition) is 1. The van der Waals surface area contributed by atoms with Gasteiger partial charge in [-0.25, -0.2) is 17.8 Å². The maximum atomic E-state index is 12.8. The van der Waals surface area contributed by atoms with E-state index in [0.717, 1.165) is 11.3 Å². The lowest BCUT2D eigenvalue weighted by molar-refractivity contribution is 0.580. The van der Waals surface area contributed by atoms with Crippen LogP contribution >= 0.6 is 11.6 Å². The molecule has 0 fully saturated rings. The Morgan fingerprint density at radius 1 is 1.04 bits per heavy atom. The number of nitrogens with zero attached hydrogens (tertiary/aromatic N) is 2. The Hall–Kier alpha value is -2.15. The number of para-hydroxylation sites is 1. The van der Waals surface area contributed by atoms with Crippen molar-refractivity contribution in [3.63, 3.8) is 0 Å². The molecular weight excluding hydrogens is 358 g/mol. The number of halogens is 1. The van der Waals surface area contributed by atoms with Crippen molar-refractivity contribution in [3.8, 4) is 5.69 Å². The number of aryl methyl sites for hydroxylation is 1. The molecule has 1 aromatic heterocycles. The molecule has 3 rings (SSSR count). The minimum Gasteiger partial charge on any atom is -0.236 e. The van der Waals surface area contributed by atoms with E-state index in [-0.39, 0.29) is 11.4 Å². The molecule has 0 radical (unpaired) electrons. The van der Waals surface area contributed by atoms with E-state index in [9.17, 15) is 8.42 Å². The van der Waals surface area contributed by atoms with Crippen LogP contribution in [0.1, 0.15) is 17.0 Å². The molecule has 0 unspecified atom stereocenters. The van der Waals surface area contributed by atoms with Gasteiger partial charge in [0, 0.05) is 11.6 Å². The van der Waals surface area contributed by atoms with Crippen LogP contribution in [0.3, 0.4) is 0 Å². The third kappa shape index (κ3) is 3.61. The highest BCUT2D eigenvalue weighted by Gasteiger charge is 2.25. The highest BCUT2D eigenvalue weighted by atomic mass is 35.5. The predicted molar refractivity (Wildman–Crippen MR) is 98.5 cm³/mol. The summed E-state index contributed by atoms with van der Waals surface area (Å²) in [5.74, 6) is 0. The summed E-state index contributed by atoms with van der Waals surface area (Å²) in [5, 5.41) is 4.92. The molecule has 0 aliphatic rings. The molecule has 0 spiro atoms. The van der Waals surface area contributed by atoms with Gasteiger partial charge in [-0.1, -0.05) is 48.0 Å². The lowest BCUT2D eigenvalue weighted by Gasteiger charge is -2.09. The van der Waals surface area contributed by atoms with Crippen molar-refractivity contribution >= 4 is 21.6 Å². The molecule has 25 heavy (non-hydrogen) atoms. The van der Waals surface area contributed by atoms with Gasteiger partial charge in [0.2, 0.25) is 10.0 Å². The van der Waals surface area contributed by atoms with Crippen LogP contribution < -0.4 is 4.72 Å². The van der Waals surface area contributed by atoms with Crippen molar-refractivity contribution in [1.29, 1.82) is 0 Å². The number of nitrogens with one attached hydrogen (secondary N) is 1. The summed E-state index contributed by atoms with van der Waals surface area (Å²) in [5.41, 5.74) is 2.55. The van der Waals surface area contributed by atoms with Crippen LogP contribution in [-0.2, 0) is 16.6 Å². The Morgan fingerprint density at radius 3 is 2.36 bits per heavy atom. The summed E-state index contributed by atoms with van der Waals surface area (Å²) in [6.07, 6.45) is 0. The molecule has 1 heterocycles. The van der Waals surface area contributed by atoms with Crippen LogP contribution in [-0.4, -0.2) is 18.2 Å². The largest absolute Gasteiger partial charge is 0.244 e. The number of rotatable bonds is 5. The van der Waals surface area contributed by atoms with E-state index in [1.165, 1.54) is 0 Å². The van der Waals surface area contributed by atoms with Gasteiger partial charge in [-0.05, 0) is 37.6 Å². The van der Waals surface area contributed by atoms with E-state index in [1.54, 1.807) is 36.7 Å². The number of aromatic nitrogens is 2. The zero-order valence-corrected chi connectivity index (χ0v) is 15.5. The standard InChI is InChI=1S/C18H18ClN3O2S/c1-13-18(14(2)22(21-13)16-9-4-3-5-10-16)25(23,24)20-12-15-8-6-7-11-17(15)19/h3-11,20H,12H2,1-2H3. The molecular formula is C18H18ClN3O2S. The number of sulfonamides is 1. The van der Waals surface area contributed by atoms with Crippen LogP contribution in [0.15, 0.2) is 59.5 Å². The third-order valence-electron chi connectivity index (χ3n) is 3.90. The average molecular weight is 376 g/mol. The van der Waals surface area contributed by atoms with Gasteiger partial charge >= 0.3 is 0 Å². The third-order valence-corrected chi connectivity index (χ3v) is 5.93. The maximum Gasteiger partial charge on any atom is 0.244 e. The topological polar surface area (TPSA) is 64.0 Å². The Labute approximate surface area is 152 Å². The van der Waals surface area contributed by atoms with Crippen LogP contribution in [0.25, 0.3) is 5.69 Å². The normalized spacial score (nSPS) is 11.6. The number of benzene rings is 2. The van der Waals surface area contributed by atoms with Crippen LogP contribution in [0.4, 0.5) is 0 Å². The fourth-order valence-electron chi connectivity index (χ4n) is 2.72. The highest BCUT2D eigenvalue weighted by molar-refractivity contribution is 7.89. The molecule has 0 saturated heterocycles. The molecule has 1 N–H and O–H groups in total. The molecule has 5 nitrogen and oxygen atoms in total. The molecule has 7 heteroatoms. The summed E-state index contributed by atoms with van der Waals surface area (Å²) in [6, 6.07) is 16.6. The number of hydrogen-bond acceptors (Lipinski definition) is 3. The second kappa shape index (κ2) is 7.00. The molecule has 3 aromatic rings. The smallest absolute Gasteiger partial charge is 0.236 e. The second-order valence-corrected chi connectivity index (χ2v) is 7.77. The fourth-order valence-corrected chi connectivity index (χ4v) is 4.32. The average Bonchev–Trinajstić information content (AvgIpc) is 2.90. The summed E-state index contributed by atoms with van der Waals surface area (Å²) in [4.78, 5) is 0.198. The van der Waals surface area contributed by atoms with Crippen LogP contribution in [0, 0.1) is 13.8 Å². The van der Waals surface area contributed by atoms with Gasteiger partial charge in [0.1, 0.15) is 4.90 Å². The van der Waals surface area contributed by atoms with Crippen molar-refractivity contribution in [1.82, 2.24) is 14.5 Å². The minimum atomic E-state index is -3.72. The van der Waals surface area contributed by atoms with E-state index < -0.39 is 10.0 Å². The van der Waals surface area contributed by atoms with E-state index in [2.05, 4.69) is 9.82 Å². The highest BCUT2D eigenvalue weighted by Crippen LogP contribution is 2.23. The first-order valence-electron chi connectivity index (χ1n) is 7.75. The van der Waals surface area contributed by atoms with Crippen molar-refractivity contribution in [2.24, 2.45) is 0 Å². The summed E-state index contributed by atoms with van der Waals surface area (Å²) < 4.78 is 29.8. The van der Waals surface area contributed by atoms with Crippen molar-refractivity contribution in [3.05, 3.63) is 76.6 Å². The van der Waals surface area contributed by atoms with Gasteiger partial charge in [-0.3, -0.25) is 0 Å². The Morgan fingerprint density at radius 2 is 1.68 bits per heavy atom. The Kier molecular flexibility index (Phi) is 4.94. The van der Waals surface area contributed by atoms with Gasteiger partial charge in [0.05, 0.1) is 17.1 Å². The summed E-state index contributed by atoms with van der Waals surface area (Å²) in [7, 11) is -3.72. The summed E-state index contributed by atoms with van der Waals surface area (Å²) in [6.45, 7) is 3.56. The van der Waals surface area contributed by atoms with Gasteiger partial charge in [-0.2, -0.15) is 5.10 Å². The first-order chi connectivity index (χ1) is 11.9. The second-order valence-electron chi connectivity index (χ2n) is 5.66. The summed E-state index contributed by atoms with van der Waals surface area (Å²) >= 11 is 6.09. The quantitative estimate of drug-likeness (QED) is 0.740. The molecule has 0 saturated carbocycles. The minimum absolute atomic E-state index is 0.122. The first kappa shape index (κ1) is 17.7. The molecule has 130 valence electrons. The van der Waals surface area contributed by atoms with E-state index >= 15 is 0 Å². The predicted octanol–water partition coefficient (Wildman–Crippen LogP) is 3.62. The van der Waals surface area contributed by atoms with Crippen LogP contribution in [0.2, 0.25) is 5.02 Å². The molecule has 0 atom stereocenters. The molecule has 0 amide bonds. The molecule has 0 bridgehead atoms. The Balaban J connectivity index is 1.93. The first-order valence-corrected chi connectivity index (χ1v) is 9.61. The fraction of sp³-hybridized carbons (Fsp3) is 0.167. The van der Waals surface area contributed by atoms with Crippen molar-refractivity contribution < 1.29 is 8.42 Å². The SMILES string of the molecule is Cc1nn(-c2ccccc2)c(C)c1S(=O)(=O)NCc1ccccc1Cl. The molecule has 0 aliphatic heterocycles. The van der Waals surface area contributed by atoms with E-state index in [4.69, 9.17) is 11.6 Å². The monoisotopic (exact) mass is 375 g/mol. The molecule has 2 aromatic carbocycles.